The predicted molar refractivity (Wildman–Crippen MR) is 74.0 cm³/mol. The number of fused-ring (bicyclic) bond motifs is 1. The van der Waals surface area contributed by atoms with Crippen molar-refractivity contribution in [2.45, 2.75) is 12.1 Å². The lowest BCUT2D eigenvalue weighted by Gasteiger charge is -2.27. The van der Waals surface area contributed by atoms with Crippen molar-refractivity contribution in [2.75, 3.05) is 32.6 Å². The lowest BCUT2D eigenvalue weighted by Crippen LogP contribution is -2.41. The van der Waals surface area contributed by atoms with Gasteiger partial charge in [-0.05, 0) is 13.2 Å². The van der Waals surface area contributed by atoms with Crippen molar-refractivity contribution in [1.29, 1.82) is 0 Å². The molecule has 0 spiro atoms. The maximum Gasteiger partial charge on any atom is 0.257 e. The van der Waals surface area contributed by atoms with Gasteiger partial charge in [-0.25, -0.2) is 4.98 Å². The minimum Gasteiger partial charge on any atom is -0.378 e. The number of nitrogens with zero attached hydrogens (tertiary/aromatic N) is 5. The molecular weight excluding hydrogens is 278 g/mol. The van der Waals surface area contributed by atoms with Gasteiger partial charge in [-0.3, -0.25) is 4.79 Å². The van der Waals surface area contributed by atoms with E-state index >= 15 is 0 Å². The largest absolute Gasteiger partial charge is 0.378 e. The smallest absolute Gasteiger partial charge is 0.257 e. The van der Waals surface area contributed by atoms with Crippen LogP contribution in [0.1, 0.15) is 16.1 Å². The molecule has 1 amide bonds. The summed E-state index contributed by atoms with van der Waals surface area (Å²) in [4.78, 5) is 22.8. The van der Waals surface area contributed by atoms with Gasteiger partial charge in [0, 0.05) is 19.3 Å². The second kappa shape index (κ2) is 5.37. The summed E-state index contributed by atoms with van der Waals surface area (Å²) < 4.78 is 6.89. The molecule has 1 aliphatic rings. The Morgan fingerprint density at radius 1 is 1.40 bits per heavy atom. The van der Waals surface area contributed by atoms with Gasteiger partial charge >= 0.3 is 0 Å². The number of rotatable bonds is 2. The first-order valence-corrected chi connectivity index (χ1v) is 7.56. The average Bonchev–Trinajstić information content (AvgIpc) is 2.92. The van der Waals surface area contributed by atoms with Crippen molar-refractivity contribution < 1.29 is 9.53 Å². The van der Waals surface area contributed by atoms with Crippen molar-refractivity contribution >= 4 is 23.4 Å². The molecular formula is C12H15N5O2S. The van der Waals surface area contributed by atoms with Crippen molar-refractivity contribution in [3.63, 3.8) is 0 Å². The fourth-order valence-corrected chi connectivity index (χ4v) is 2.49. The molecule has 0 N–H and O–H groups in total. The van der Waals surface area contributed by atoms with Gasteiger partial charge < -0.3 is 9.64 Å². The monoisotopic (exact) mass is 293 g/mol. The highest BCUT2D eigenvalue weighted by atomic mass is 32.2. The quantitative estimate of drug-likeness (QED) is 0.756. The summed E-state index contributed by atoms with van der Waals surface area (Å²) in [6.07, 6.45) is 3.49. The molecule has 0 atom stereocenters. The number of carbonyl (C=O) groups excluding carboxylic acids is 1. The van der Waals surface area contributed by atoms with Gasteiger partial charge in [0.05, 0.1) is 24.5 Å². The molecule has 2 aromatic rings. The molecule has 0 aromatic carbocycles. The molecule has 7 nitrogen and oxygen atoms in total. The Morgan fingerprint density at radius 3 is 2.85 bits per heavy atom. The number of thioether (sulfide) groups is 1. The standard InChI is InChI=1S/C12H15N5O2S/c1-8-9(10(18)16-3-5-19-6-4-16)7-13-11-14-12(20-2)15-17(8)11/h7H,3-6H2,1-2H3. The Kier molecular flexibility index (Phi) is 3.58. The number of amides is 1. The summed E-state index contributed by atoms with van der Waals surface area (Å²) >= 11 is 1.45. The van der Waals surface area contributed by atoms with E-state index in [0.717, 1.165) is 5.69 Å². The predicted octanol–water partition coefficient (Wildman–Crippen LogP) is 0.627. The molecule has 8 heteroatoms. The van der Waals surface area contributed by atoms with Crippen LogP contribution in [0.25, 0.3) is 5.78 Å². The maximum atomic E-state index is 12.5. The van der Waals surface area contributed by atoms with Gasteiger partial charge in [-0.1, -0.05) is 11.8 Å². The fourth-order valence-electron chi connectivity index (χ4n) is 2.16. The van der Waals surface area contributed by atoms with Gasteiger partial charge in [0.25, 0.3) is 11.7 Å². The Bertz CT molecular complexity index is 651. The zero-order valence-corrected chi connectivity index (χ0v) is 12.2. The number of morpholine rings is 1. The molecule has 0 radical (unpaired) electrons. The van der Waals surface area contributed by atoms with Crippen LogP contribution in [0.4, 0.5) is 0 Å². The van der Waals surface area contributed by atoms with Gasteiger partial charge in [0.2, 0.25) is 5.16 Å². The Morgan fingerprint density at radius 2 is 2.15 bits per heavy atom. The summed E-state index contributed by atoms with van der Waals surface area (Å²) in [7, 11) is 0. The SMILES string of the molecule is CSc1nc2ncc(C(=O)N3CCOCC3)c(C)n2n1. The van der Waals surface area contributed by atoms with E-state index < -0.39 is 0 Å². The average molecular weight is 293 g/mol. The summed E-state index contributed by atoms with van der Waals surface area (Å²) in [5, 5.41) is 4.98. The number of aromatic nitrogens is 4. The van der Waals surface area contributed by atoms with E-state index in [0.29, 0.717) is 42.8 Å². The van der Waals surface area contributed by atoms with Crippen LogP contribution in [0, 0.1) is 6.92 Å². The van der Waals surface area contributed by atoms with E-state index in [4.69, 9.17) is 4.74 Å². The third-order valence-electron chi connectivity index (χ3n) is 3.30. The lowest BCUT2D eigenvalue weighted by molar-refractivity contribution is 0.0301. The van der Waals surface area contributed by atoms with Crippen LogP contribution in [0.5, 0.6) is 0 Å². The van der Waals surface area contributed by atoms with Gasteiger partial charge in [-0.2, -0.15) is 9.50 Å². The molecule has 0 bridgehead atoms. The van der Waals surface area contributed by atoms with E-state index in [1.54, 1.807) is 15.6 Å². The molecule has 20 heavy (non-hydrogen) atoms. The third kappa shape index (κ3) is 2.25. The Labute approximate surface area is 120 Å². The molecule has 1 saturated heterocycles. The van der Waals surface area contributed by atoms with Crippen LogP contribution >= 0.6 is 11.8 Å². The normalized spacial score (nSPS) is 15.8. The van der Waals surface area contributed by atoms with Crippen LogP contribution in [-0.4, -0.2) is 62.9 Å². The highest BCUT2D eigenvalue weighted by Gasteiger charge is 2.22. The second-order valence-corrected chi connectivity index (χ2v) is 5.25. The summed E-state index contributed by atoms with van der Waals surface area (Å²) in [6.45, 7) is 4.26. The van der Waals surface area contributed by atoms with Crippen LogP contribution < -0.4 is 0 Å². The molecule has 1 aliphatic heterocycles. The van der Waals surface area contributed by atoms with Gasteiger partial charge in [0.1, 0.15) is 0 Å². The number of hydrogen-bond acceptors (Lipinski definition) is 6. The molecule has 0 aliphatic carbocycles. The molecule has 0 saturated carbocycles. The third-order valence-corrected chi connectivity index (χ3v) is 3.84. The molecule has 0 unspecified atom stereocenters. The van der Waals surface area contributed by atoms with Crippen molar-refractivity contribution in [3.8, 4) is 0 Å². The molecule has 106 valence electrons. The Hall–Kier alpha value is -1.67. The maximum absolute atomic E-state index is 12.5. The van der Waals surface area contributed by atoms with Crippen molar-refractivity contribution in [2.24, 2.45) is 0 Å². The summed E-state index contributed by atoms with van der Waals surface area (Å²) in [5.41, 5.74) is 1.33. The fraction of sp³-hybridized carbons (Fsp3) is 0.500. The van der Waals surface area contributed by atoms with Gasteiger partial charge in [-0.15, -0.1) is 5.10 Å². The summed E-state index contributed by atoms with van der Waals surface area (Å²) in [5.74, 6) is 0.492. The first-order chi connectivity index (χ1) is 9.70. The molecule has 3 rings (SSSR count). The van der Waals surface area contributed by atoms with Crippen molar-refractivity contribution in [1.82, 2.24) is 24.5 Å². The van der Waals surface area contributed by atoms with Crippen LogP contribution in [-0.2, 0) is 4.74 Å². The summed E-state index contributed by atoms with van der Waals surface area (Å²) in [6, 6.07) is 0. The lowest BCUT2D eigenvalue weighted by atomic mass is 10.2. The minimum atomic E-state index is -0.0265. The number of ether oxygens (including phenoxy) is 1. The zero-order valence-electron chi connectivity index (χ0n) is 11.4. The second-order valence-electron chi connectivity index (χ2n) is 4.47. The molecule has 2 aromatic heterocycles. The minimum absolute atomic E-state index is 0.0265. The van der Waals surface area contributed by atoms with E-state index in [-0.39, 0.29) is 5.91 Å². The van der Waals surface area contributed by atoms with E-state index in [9.17, 15) is 4.79 Å². The first-order valence-electron chi connectivity index (χ1n) is 6.34. The van der Waals surface area contributed by atoms with Gasteiger partial charge in [0.15, 0.2) is 0 Å². The van der Waals surface area contributed by atoms with Crippen LogP contribution in [0.2, 0.25) is 0 Å². The molecule has 3 heterocycles. The highest BCUT2D eigenvalue weighted by Crippen LogP contribution is 2.15. The number of hydrogen-bond donors (Lipinski definition) is 0. The van der Waals surface area contributed by atoms with E-state index in [2.05, 4.69) is 15.1 Å². The highest BCUT2D eigenvalue weighted by molar-refractivity contribution is 7.98. The Balaban J connectivity index is 1.98. The number of carbonyl (C=O) groups is 1. The number of aryl methyl sites for hydroxylation is 1. The van der Waals surface area contributed by atoms with Crippen LogP contribution in [0.15, 0.2) is 11.4 Å². The van der Waals surface area contributed by atoms with Crippen LogP contribution in [0.3, 0.4) is 0 Å². The van der Waals surface area contributed by atoms with E-state index in [1.807, 2.05) is 13.2 Å². The molecule has 1 fully saturated rings. The zero-order chi connectivity index (χ0) is 14.1. The first kappa shape index (κ1) is 13.3. The van der Waals surface area contributed by atoms with E-state index in [1.165, 1.54) is 11.8 Å². The topological polar surface area (TPSA) is 72.6 Å². The van der Waals surface area contributed by atoms with Crippen molar-refractivity contribution in [3.05, 3.63) is 17.5 Å².